The predicted molar refractivity (Wildman–Crippen MR) is 76.1 cm³/mol. The van der Waals surface area contributed by atoms with Crippen molar-refractivity contribution in [2.24, 2.45) is 11.7 Å². The highest BCUT2D eigenvalue weighted by atomic mass is 32.2. The number of para-hydroxylation sites is 1. The van der Waals surface area contributed by atoms with Crippen LogP contribution in [0.15, 0.2) is 36.5 Å². The lowest BCUT2D eigenvalue weighted by molar-refractivity contribution is 0.675. The zero-order valence-electron chi connectivity index (χ0n) is 10.1. The molecule has 0 aliphatic carbocycles. The number of pyridine rings is 1. The van der Waals surface area contributed by atoms with Crippen LogP contribution in [-0.2, 0) is 5.75 Å². The SMILES string of the molecule is CC(CN)CSCc1cccc2cccnc12. The zero-order valence-corrected chi connectivity index (χ0v) is 10.9. The summed E-state index contributed by atoms with van der Waals surface area (Å²) in [4.78, 5) is 4.46. The first-order valence-corrected chi connectivity index (χ1v) is 7.07. The van der Waals surface area contributed by atoms with Crippen LogP contribution in [0.2, 0.25) is 0 Å². The number of nitrogens with zero attached hydrogens (tertiary/aromatic N) is 1. The summed E-state index contributed by atoms with van der Waals surface area (Å²) in [5, 5.41) is 1.22. The fraction of sp³-hybridized carbons (Fsp3) is 0.357. The Morgan fingerprint density at radius 2 is 2.12 bits per heavy atom. The van der Waals surface area contributed by atoms with E-state index < -0.39 is 0 Å². The third kappa shape index (κ3) is 3.20. The van der Waals surface area contributed by atoms with Crippen LogP contribution in [0, 0.1) is 5.92 Å². The average Bonchev–Trinajstić information content (AvgIpc) is 2.39. The Morgan fingerprint density at radius 1 is 1.29 bits per heavy atom. The molecular formula is C14H18N2S. The van der Waals surface area contributed by atoms with Gasteiger partial charge in [-0.1, -0.05) is 31.2 Å². The molecule has 2 rings (SSSR count). The summed E-state index contributed by atoms with van der Waals surface area (Å²) in [5.74, 6) is 2.71. The molecule has 2 nitrogen and oxygen atoms in total. The Hall–Kier alpha value is -1.06. The first-order chi connectivity index (χ1) is 8.31. The second-order valence-corrected chi connectivity index (χ2v) is 5.38. The van der Waals surface area contributed by atoms with Crippen molar-refractivity contribution in [2.45, 2.75) is 12.7 Å². The molecule has 90 valence electrons. The highest BCUT2D eigenvalue weighted by molar-refractivity contribution is 7.98. The number of rotatable bonds is 5. The Morgan fingerprint density at radius 3 is 2.94 bits per heavy atom. The molecule has 17 heavy (non-hydrogen) atoms. The molecule has 3 heteroatoms. The standard InChI is InChI=1S/C14H18N2S/c1-11(8-15)9-17-10-13-5-2-4-12-6-3-7-16-14(12)13/h2-7,11H,8-10,15H2,1H3. The minimum atomic E-state index is 0.586. The van der Waals surface area contributed by atoms with E-state index in [2.05, 4.69) is 36.2 Å². The van der Waals surface area contributed by atoms with Gasteiger partial charge in [0.15, 0.2) is 0 Å². The summed E-state index contributed by atoms with van der Waals surface area (Å²) in [5.41, 5.74) is 8.06. The molecule has 2 N–H and O–H groups in total. The van der Waals surface area contributed by atoms with Crippen LogP contribution in [0.25, 0.3) is 10.9 Å². The first-order valence-electron chi connectivity index (χ1n) is 5.91. The quantitative estimate of drug-likeness (QED) is 0.881. The van der Waals surface area contributed by atoms with E-state index in [4.69, 9.17) is 5.73 Å². The summed E-state index contributed by atoms with van der Waals surface area (Å²) >= 11 is 1.93. The topological polar surface area (TPSA) is 38.9 Å². The first kappa shape index (κ1) is 12.4. The molecule has 1 aromatic heterocycles. The van der Waals surface area contributed by atoms with Gasteiger partial charge in [0.1, 0.15) is 0 Å². The van der Waals surface area contributed by atoms with Crippen LogP contribution in [0.1, 0.15) is 12.5 Å². The van der Waals surface area contributed by atoms with Gasteiger partial charge in [0.2, 0.25) is 0 Å². The van der Waals surface area contributed by atoms with Crippen molar-refractivity contribution in [2.75, 3.05) is 12.3 Å². The van der Waals surface area contributed by atoms with Crippen molar-refractivity contribution in [1.29, 1.82) is 0 Å². The summed E-state index contributed by atoms with van der Waals surface area (Å²) in [6.45, 7) is 2.95. The molecule has 0 aliphatic rings. The lowest BCUT2D eigenvalue weighted by Crippen LogP contribution is -2.12. The van der Waals surface area contributed by atoms with Gasteiger partial charge >= 0.3 is 0 Å². The molecule has 0 saturated heterocycles. The third-order valence-corrected chi connectivity index (χ3v) is 4.10. The normalized spacial score (nSPS) is 12.8. The number of hydrogen-bond donors (Lipinski definition) is 1. The minimum absolute atomic E-state index is 0.586. The summed E-state index contributed by atoms with van der Waals surface area (Å²) in [7, 11) is 0. The molecule has 0 radical (unpaired) electrons. The van der Waals surface area contributed by atoms with Gasteiger partial charge in [0, 0.05) is 17.3 Å². The van der Waals surface area contributed by atoms with Gasteiger partial charge in [-0.05, 0) is 29.8 Å². The van der Waals surface area contributed by atoms with E-state index in [1.165, 1.54) is 10.9 Å². The molecule has 0 fully saturated rings. The Balaban J connectivity index is 2.08. The molecule has 0 bridgehead atoms. The van der Waals surface area contributed by atoms with Crippen molar-refractivity contribution in [3.8, 4) is 0 Å². The van der Waals surface area contributed by atoms with Gasteiger partial charge in [-0.2, -0.15) is 11.8 Å². The predicted octanol–water partition coefficient (Wildman–Crippen LogP) is 3.06. The molecule has 0 spiro atoms. The average molecular weight is 246 g/mol. The minimum Gasteiger partial charge on any atom is -0.330 e. The largest absolute Gasteiger partial charge is 0.330 e. The van der Waals surface area contributed by atoms with E-state index in [9.17, 15) is 0 Å². The van der Waals surface area contributed by atoms with Gasteiger partial charge < -0.3 is 5.73 Å². The number of hydrogen-bond acceptors (Lipinski definition) is 3. The van der Waals surface area contributed by atoms with E-state index in [1.807, 2.05) is 24.0 Å². The van der Waals surface area contributed by atoms with E-state index >= 15 is 0 Å². The molecule has 0 saturated carbocycles. The van der Waals surface area contributed by atoms with Gasteiger partial charge in [0.25, 0.3) is 0 Å². The number of benzene rings is 1. The summed E-state index contributed by atoms with van der Waals surface area (Å²) in [6, 6.07) is 10.5. The van der Waals surface area contributed by atoms with Crippen LogP contribution in [0.3, 0.4) is 0 Å². The van der Waals surface area contributed by atoms with Crippen LogP contribution in [0.4, 0.5) is 0 Å². The van der Waals surface area contributed by atoms with E-state index in [0.717, 1.165) is 23.6 Å². The maximum Gasteiger partial charge on any atom is 0.0742 e. The highest BCUT2D eigenvalue weighted by Crippen LogP contribution is 2.21. The molecular weight excluding hydrogens is 228 g/mol. The van der Waals surface area contributed by atoms with Crippen molar-refractivity contribution in [1.82, 2.24) is 4.98 Å². The number of nitrogens with two attached hydrogens (primary N) is 1. The maximum absolute atomic E-state index is 5.62. The Kier molecular flexibility index (Phi) is 4.40. The van der Waals surface area contributed by atoms with Gasteiger partial charge in [-0.3, -0.25) is 4.98 Å². The van der Waals surface area contributed by atoms with Crippen molar-refractivity contribution >= 4 is 22.7 Å². The van der Waals surface area contributed by atoms with E-state index in [-0.39, 0.29) is 0 Å². The zero-order chi connectivity index (χ0) is 12.1. The number of aromatic nitrogens is 1. The fourth-order valence-electron chi connectivity index (χ4n) is 1.72. The lowest BCUT2D eigenvalue weighted by Gasteiger charge is -2.09. The molecule has 2 aromatic rings. The Labute approximate surface area is 107 Å². The molecule has 1 aromatic carbocycles. The Bertz CT molecular complexity index is 479. The monoisotopic (exact) mass is 246 g/mol. The number of fused-ring (bicyclic) bond motifs is 1. The summed E-state index contributed by atoms with van der Waals surface area (Å²) in [6.07, 6.45) is 1.86. The van der Waals surface area contributed by atoms with Gasteiger partial charge in [0.05, 0.1) is 5.52 Å². The third-order valence-electron chi connectivity index (χ3n) is 2.78. The van der Waals surface area contributed by atoms with Crippen LogP contribution < -0.4 is 5.73 Å². The molecule has 0 amide bonds. The van der Waals surface area contributed by atoms with Crippen molar-refractivity contribution in [3.63, 3.8) is 0 Å². The maximum atomic E-state index is 5.62. The van der Waals surface area contributed by atoms with Crippen molar-refractivity contribution < 1.29 is 0 Å². The van der Waals surface area contributed by atoms with Crippen LogP contribution in [-0.4, -0.2) is 17.3 Å². The molecule has 1 atom stereocenters. The van der Waals surface area contributed by atoms with E-state index in [0.29, 0.717) is 5.92 Å². The van der Waals surface area contributed by atoms with E-state index in [1.54, 1.807) is 0 Å². The van der Waals surface area contributed by atoms with Crippen LogP contribution >= 0.6 is 11.8 Å². The molecule has 0 aliphatic heterocycles. The molecule has 1 heterocycles. The fourth-order valence-corrected chi connectivity index (χ4v) is 2.83. The molecule has 1 unspecified atom stereocenters. The van der Waals surface area contributed by atoms with Gasteiger partial charge in [-0.15, -0.1) is 0 Å². The summed E-state index contributed by atoms with van der Waals surface area (Å²) < 4.78 is 0. The second kappa shape index (κ2) is 6.03. The lowest BCUT2D eigenvalue weighted by atomic mass is 10.1. The van der Waals surface area contributed by atoms with Crippen LogP contribution in [0.5, 0.6) is 0 Å². The van der Waals surface area contributed by atoms with Gasteiger partial charge in [-0.25, -0.2) is 0 Å². The highest BCUT2D eigenvalue weighted by Gasteiger charge is 2.03. The second-order valence-electron chi connectivity index (χ2n) is 4.35. The van der Waals surface area contributed by atoms with Crippen molar-refractivity contribution in [3.05, 3.63) is 42.1 Å². The number of thioether (sulfide) groups is 1. The smallest absolute Gasteiger partial charge is 0.0742 e.